The molecule has 0 saturated carbocycles. The van der Waals surface area contributed by atoms with Gasteiger partial charge in [-0.3, -0.25) is 9.48 Å². The fourth-order valence-corrected chi connectivity index (χ4v) is 4.44. The van der Waals surface area contributed by atoms with E-state index < -0.39 is 9.84 Å². The van der Waals surface area contributed by atoms with Gasteiger partial charge in [-0.15, -0.1) is 0 Å². The number of nitrogens with zero attached hydrogens (tertiary/aromatic N) is 2. The van der Waals surface area contributed by atoms with Crippen LogP contribution < -0.4 is 5.32 Å². The van der Waals surface area contributed by atoms with E-state index in [2.05, 4.69) is 10.4 Å². The molecule has 3 rings (SSSR count). The summed E-state index contributed by atoms with van der Waals surface area (Å²) < 4.78 is 24.7. The van der Waals surface area contributed by atoms with Crippen molar-refractivity contribution in [3.05, 3.63) is 18.0 Å². The highest BCUT2D eigenvalue weighted by molar-refractivity contribution is 7.91. The van der Waals surface area contributed by atoms with Gasteiger partial charge in [0, 0.05) is 36.8 Å². The number of amides is 1. The Morgan fingerprint density at radius 2 is 2.05 bits per heavy atom. The van der Waals surface area contributed by atoms with Crippen molar-refractivity contribution < 1.29 is 13.2 Å². The van der Waals surface area contributed by atoms with E-state index in [1.807, 2.05) is 10.7 Å². The van der Waals surface area contributed by atoms with Crippen molar-refractivity contribution in [1.82, 2.24) is 15.1 Å². The van der Waals surface area contributed by atoms with E-state index in [1.165, 1.54) is 0 Å². The minimum absolute atomic E-state index is 0.0119. The minimum atomic E-state index is -2.87. The molecule has 6 nitrogen and oxygen atoms in total. The Labute approximate surface area is 118 Å². The van der Waals surface area contributed by atoms with Crippen LogP contribution in [0.5, 0.6) is 0 Å². The van der Waals surface area contributed by atoms with Gasteiger partial charge in [-0.05, 0) is 25.3 Å². The molecular formula is C13H19N3O3S. The Morgan fingerprint density at radius 1 is 1.30 bits per heavy atom. The Hall–Kier alpha value is -1.37. The van der Waals surface area contributed by atoms with Gasteiger partial charge in [0.15, 0.2) is 0 Å². The molecule has 1 N–H and O–H groups in total. The number of fused-ring (bicyclic) bond motifs is 1. The summed E-state index contributed by atoms with van der Waals surface area (Å²) >= 11 is 0. The van der Waals surface area contributed by atoms with Crippen molar-refractivity contribution in [3.8, 4) is 0 Å². The lowest BCUT2D eigenvalue weighted by Gasteiger charge is -2.27. The normalized spacial score (nSPS) is 25.9. The first-order valence-electron chi connectivity index (χ1n) is 7.05. The molecule has 110 valence electrons. The summed E-state index contributed by atoms with van der Waals surface area (Å²) in [7, 11) is -2.87. The number of sulfone groups is 1. The maximum Gasteiger partial charge on any atom is 0.223 e. The van der Waals surface area contributed by atoms with Crippen molar-refractivity contribution in [2.24, 2.45) is 5.92 Å². The van der Waals surface area contributed by atoms with Crippen molar-refractivity contribution in [2.75, 3.05) is 11.5 Å². The van der Waals surface area contributed by atoms with Crippen LogP contribution in [-0.4, -0.2) is 41.7 Å². The number of carbonyl (C=O) groups is 1. The van der Waals surface area contributed by atoms with Crippen LogP contribution in [0.25, 0.3) is 0 Å². The summed E-state index contributed by atoms with van der Waals surface area (Å²) in [5.41, 5.74) is 1.10. The van der Waals surface area contributed by atoms with Crippen LogP contribution in [0.1, 0.15) is 25.0 Å². The Morgan fingerprint density at radius 3 is 2.80 bits per heavy atom. The van der Waals surface area contributed by atoms with Crippen LogP contribution in [0, 0.1) is 5.92 Å². The number of hydrogen-bond acceptors (Lipinski definition) is 4. The Bertz CT molecular complexity index is 594. The number of hydrogen-bond donors (Lipinski definition) is 1. The molecule has 1 atom stereocenters. The van der Waals surface area contributed by atoms with E-state index in [0.29, 0.717) is 12.8 Å². The van der Waals surface area contributed by atoms with E-state index in [-0.39, 0.29) is 29.4 Å². The first-order valence-corrected chi connectivity index (χ1v) is 8.87. The highest BCUT2D eigenvalue weighted by Crippen LogP contribution is 2.21. The predicted octanol–water partition coefficient (Wildman–Crippen LogP) is 0.139. The summed E-state index contributed by atoms with van der Waals surface area (Å²) in [6.07, 6.45) is 4.36. The average molecular weight is 297 g/mol. The van der Waals surface area contributed by atoms with Gasteiger partial charge in [-0.1, -0.05) is 0 Å². The second-order valence-corrected chi connectivity index (χ2v) is 7.97. The van der Waals surface area contributed by atoms with Gasteiger partial charge in [-0.25, -0.2) is 8.42 Å². The zero-order chi connectivity index (χ0) is 14.2. The van der Waals surface area contributed by atoms with E-state index in [4.69, 9.17) is 0 Å². The third kappa shape index (κ3) is 2.87. The zero-order valence-electron chi connectivity index (χ0n) is 11.3. The van der Waals surface area contributed by atoms with Crippen LogP contribution in [0.3, 0.4) is 0 Å². The van der Waals surface area contributed by atoms with E-state index in [1.54, 1.807) is 6.20 Å². The van der Waals surface area contributed by atoms with Gasteiger partial charge in [0.2, 0.25) is 5.91 Å². The molecular weight excluding hydrogens is 278 g/mol. The highest BCUT2D eigenvalue weighted by Gasteiger charge is 2.29. The molecule has 1 amide bonds. The number of aryl methyl sites for hydroxylation is 1. The van der Waals surface area contributed by atoms with E-state index >= 15 is 0 Å². The lowest BCUT2D eigenvalue weighted by Crippen LogP contribution is -2.44. The molecule has 1 unspecified atom stereocenters. The smallest absolute Gasteiger partial charge is 0.223 e. The molecule has 1 aromatic rings. The number of aromatic nitrogens is 2. The maximum absolute atomic E-state index is 12.3. The monoisotopic (exact) mass is 297 g/mol. The van der Waals surface area contributed by atoms with Crippen molar-refractivity contribution in [1.29, 1.82) is 0 Å². The second kappa shape index (κ2) is 5.20. The summed E-state index contributed by atoms with van der Waals surface area (Å²) in [5, 5.41) is 7.22. The number of rotatable bonds is 2. The van der Waals surface area contributed by atoms with Crippen LogP contribution in [0.15, 0.2) is 12.3 Å². The van der Waals surface area contributed by atoms with Gasteiger partial charge in [-0.2, -0.15) is 5.10 Å². The van der Waals surface area contributed by atoms with Crippen LogP contribution >= 0.6 is 0 Å². The third-order valence-corrected chi connectivity index (χ3v) is 5.94. The molecule has 0 spiro atoms. The maximum atomic E-state index is 12.3. The molecule has 0 aromatic carbocycles. The summed E-state index contributed by atoms with van der Waals surface area (Å²) in [4.78, 5) is 12.3. The van der Waals surface area contributed by atoms with Gasteiger partial charge < -0.3 is 5.32 Å². The molecule has 1 saturated heterocycles. The molecule has 0 bridgehead atoms. The summed E-state index contributed by atoms with van der Waals surface area (Å²) in [6, 6.07) is 1.96. The van der Waals surface area contributed by atoms with Crippen molar-refractivity contribution >= 4 is 15.7 Å². The Kier molecular flexibility index (Phi) is 3.54. The van der Waals surface area contributed by atoms with Gasteiger partial charge >= 0.3 is 0 Å². The van der Waals surface area contributed by atoms with Crippen LogP contribution in [-0.2, 0) is 27.6 Å². The molecule has 0 aliphatic carbocycles. The van der Waals surface area contributed by atoms with Gasteiger partial charge in [0.1, 0.15) is 9.84 Å². The molecule has 3 heterocycles. The highest BCUT2D eigenvalue weighted by atomic mass is 32.2. The van der Waals surface area contributed by atoms with Gasteiger partial charge in [0.05, 0.1) is 11.5 Å². The fourth-order valence-electron chi connectivity index (χ4n) is 2.94. The third-order valence-electron chi connectivity index (χ3n) is 4.22. The topological polar surface area (TPSA) is 81.1 Å². The molecule has 1 fully saturated rings. The Balaban J connectivity index is 1.56. The predicted molar refractivity (Wildman–Crippen MR) is 73.9 cm³/mol. The molecule has 7 heteroatoms. The SMILES string of the molecule is O=C(NC1CCS(=O)(=O)CC1)C1CCn2nccc2C1. The van der Waals surface area contributed by atoms with Crippen LogP contribution in [0.4, 0.5) is 0 Å². The lowest BCUT2D eigenvalue weighted by atomic mass is 9.94. The quantitative estimate of drug-likeness (QED) is 0.842. The fraction of sp³-hybridized carbons (Fsp3) is 0.692. The van der Waals surface area contributed by atoms with Gasteiger partial charge in [0.25, 0.3) is 0 Å². The lowest BCUT2D eigenvalue weighted by molar-refractivity contribution is -0.126. The van der Waals surface area contributed by atoms with E-state index in [9.17, 15) is 13.2 Å². The van der Waals surface area contributed by atoms with Crippen molar-refractivity contribution in [3.63, 3.8) is 0 Å². The standard InChI is InChI=1S/C13H19N3O3S/c17-13(15-11-3-7-20(18,19)8-4-11)10-2-6-16-12(9-10)1-5-14-16/h1,5,10-11H,2-4,6-9H2,(H,15,17). The number of nitrogens with one attached hydrogen (secondary N) is 1. The largest absolute Gasteiger partial charge is 0.353 e. The molecule has 20 heavy (non-hydrogen) atoms. The second-order valence-electron chi connectivity index (χ2n) is 5.67. The van der Waals surface area contributed by atoms with Crippen LogP contribution in [0.2, 0.25) is 0 Å². The summed E-state index contributed by atoms with van der Waals surface area (Å²) in [6.45, 7) is 0.777. The minimum Gasteiger partial charge on any atom is -0.353 e. The van der Waals surface area contributed by atoms with Crippen molar-refractivity contribution in [2.45, 2.75) is 38.3 Å². The number of carbonyl (C=O) groups excluding carboxylic acids is 1. The first kappa shape index (κ1) is 13.6. The molecule has 2 aliphatic heterocycles. The van der Waals surface area contributed by atoms with E-state index in [0.717, 1.165) is 25.1 Å². The molecule has 0 radical (unpaired) electrons. The average Bonchev–Trinajstić information content (AvgIpc) is 2.88. The summed E-state index contributed by atoms with van der Waals surface area (Å²) in [5.74, 6) is 0.421. The first-order chi connectivity index (χ1) is 9.53. The molecule has 1 aromatic heterocycles. The zero-order valence-corrected chi connectivity index (χ0v) is 12.1. The molecule has 2 aliphatic rings.